The Hall–Kier alpha value is -0.420. The normalized spacial score (nSPS) is 30.2. The van der Waals surface area contributed by atoms with Crippen LogP contribution < -0.4 is 5.32 Å². The Morgan fingerprint density at radius 2 is 2.19 bits per heavy atom. The van der Waals surface area contributed by atoms with E-state index in [2.05, 4.69) is 12.2 Å². The third-order valence-electron chi connectivity index (χ3n) is 4.56. The van der Waals surface area contributed by atoms with Gasteiger partial charge in [-0.2, -0.15) is 11.8 Å². The van der Waals surface area contributed by atoms with E-state index in [1.165, 1.54) is 25.0 Å². The molecule has 1 heterocycles. The molecule has 0 bridgehead atoms. The Morgan fingerprint density at radius 1 is 1.33 bits per heavy atom. The molecule has 1 saturated carbocycles. The molecule has 0 aromatic rings. The van der Waals surface area contributed by atoms with Gasteiger partial charge in [0.05, 0.1) is 6.61 Å². The van der Waals surface area contributed by atoms with Crippen LogP contribution in [0.2, 0.25) is 0 Å². The Morgan fingerprint density at radius 3 is 2.95 bits per heavy atom. The second kappa shape index (κ2) is 8.89. The van der Waals surface area contributed by atoms with Crippen molar-refractivity contribution >= 4 is 17.8 Å². The molecular weight excluding hydrogens is 284 g/mol. The van der Waals surface area contributed by atoms with Crippen molar-refractivity contribution in [2.24, 2.45) is 5.92 Å². The molecule has 0 unspecified atom stereocenters. The summed E-state index contributed by atoms with van der Waals surface area (Å²) in [6.07, 6.45) is 7.11. The molecule has 2 rings (SSSR count). The molecule has 5 heteroatoms. The van der Waals surface area contributed by atoms with Crippen LogP contribution >= 0.6 is 11.8 Å². The molecule has 1 N–H and O–H groups in total. The van der Waals surface area contributed by atoms with E-state index in [4.69, 9.17) is 4.74 Å². The second-order valence-corrected chi connectivity index (χ2v) is 7.88. The Balaban J connectivity index is 1.77. The molecule has 2 fully saturated rings. The number of carbonyl (C=O) groups excluding carboxylic acids is 1. The third kappa shape index (κ3) is 5.37. The highest BCUT2D eigenvalue weighted by molar-refractivity contribution is 7.99. The van der Waals surface area contributed by atoms with Crippen molar-refractivity contribution in [3.63, 3.8) is 0 Å². The zero-order valence-corrected chi connectivity index (χ0v) is 14.3. The molecular formula is C16H30N2O2S. The summed E-state index contributed by atoms with van der Waals surface area (Å²) in [6.45, 7) is 4.73. The van der Waals surface area contributed by atoms with Crippen LogP contribution in [0.4, 0.5) is 4.79 Å². The summed E-state index contributed by atoms with van der Waals surface area (Å²) in [7, 11) is 1.74. The van der Waals surface area contributed by atoms with Crippen LogP contribution in [0.25, 0.3) is 0 Å². The summed E-state index contributed by atoms with van der Waals surface area (Å²) in [5, 5.41) is 4.01. The maximum atomic E-state index is 12.4. The zero-order valence-electron chi connectivity index (χ0n) is 13.5. The highest BCUT2D eigenvalue weighted by Crippen LogP contribution is 2.28. The fourth-order valence-electron chi connectivity index (χ4n) is 3.55. The van der Waals surface area contributed by atoms with Gasteiger partial charge in [0.1, 0.15) is 0 Å². The summed E-state index contributed by atoms with van der Waals surface area (Å²) in [5.74, 6) is 1.68. The minimum absolute atomic E-state index is 0.142. The van der Waals surface area contributed by atoms with Gasteiger partial charge < -0.3 is 15.0 Å². The second-order valence-electron chi connectivity index (χ2n) is 6.30. The fourth-order valence-corrected chi connectivity index (χ4v) is 4.72. The average Bonchev–Trinajstić information content (AvgIpc) is 2.48. The first-order chi connectivity index (χ1) is 10.2. The number of methoxy groups -OCH3 is 1. The molecule has 0 aromatic heterocycles. The van der Waals surface area contributed by atoms with E-state index in [1.54, 1.807) is 7.11 Å². The van der Waals surface area contributed by atoms with Crippen molar-refractivity contribution in [2.75, 3.05) is 32.6 Å². The van der Waals surface area contributed by atoms with E-state index in [0.717, 1.165) is 44.2 Å². The van der Waals surface area contributed by atoms with Crippen molar-refractivity contribution in [3.05, 3.63) is 0 Å². The number of urea groups is 1. The van der Waals surface area contributed by atoms with Crippen LogP contribution in [0.1, 0.15) is 45.4 Å². The van der Waals surface area contributed by atoms with E-state index in [1.807, 2.05) is 16.7 Å². The van der Waals surface area contributed by atoms with E-state index < -0.39 is 0 Å². The molecule has 0 aromatic carbocycles. The minimum Gasteiger partial charge on any atom is -0.384 e. The molecule has 2 amide bonds. The molecule has 3 atom stereocenters. The lowest BCUT2D eigenvalue weighted by Crippen LogP contribution is -2.50. The first-order valence-corrected chi connectivity index (χ1v) is 9.43. The van der Waals surface area contributed by atoms with Crippen molar-refractivity contribution in [1.82, 2.24) is 10.2 Å². The number of hydrogen-bond acceptors (Lipinski definition) is 3. The monoisotopic (exact) mass is 314 g/mol. The van der Waals surface area contributed by atoms with Gasteiger partial charge in [0.15, 0.2) is 0 Å². The lowest BCUT2D eigenvalue weighted by atomic mass is 9.95. The predicted molar refractivity (Wildman–Crippen MR) is 88.9 cm³/mol. The van der Waals surface area contributed by atoms with Crippen molar-refractivity contribution < 1.29 is 9.53 Å². The van der Waals surface area contributed by atoms with Gasteiger partial charge >= 0.3 is 6.03 Å². The Labute approximate surface area is 133 Å². The zero-order chi connectivity index (χ0) is 15.1. The number of ether oxygens (including phenoxy) is 1. The largest absolute Gasteiger partial charge is 0.384 e. The number of piperidine rings is 1. The quantitative estimate of drug-likeness (QED) is 0.848. The summed E-state index contributed by atoms with van der Waals surface area (Å²) in [5.41, 5.74) is 0. The Kier molecular flexibility index (Phi) is 7.17. The summed E-state index contributed by atoms with van der Waals surface area (Å²) >= 11 is 2.04. The standard InChI is InChI=1S/C16H30N2O2S/c1-3-21-15-8-4-7-14(10-15)17-16(19)18-9-5-6-13(11-18)12-20-2/h13-15H,3-12H2,1-2H3,(H,17,19)/t13-,14-,15+/m0/s1. The van der Waals surface area contributed by atoms with E-state index >= 15 is 0 Å². The molecule has 4 nitrogen and oxygen atoms in total. The summed E-state index contributed by atoms with van der Waals surface area (Å²) in [6, 6.07) is 0.515. The number of rotatable bonds is 5. The van der Waals surface area contributed by atoms with Gasteiger partial charge in [-0.15, -0.1) is 0 Å². The number of carbonyl (C=O) groups is 1. The molecule has 0 spiro atoms. The van der Waals surface area contributed by atoms with Crippen LogP contribution in [-0.4, -0.2) is 54.8 Å². The summed E-state index contributed by atoms with van der Waals surface area (Å²) < 4.78 is 5.24. The molecule has 2 aliphatic rings. The van der Waals surface area contributed by atoms with Crippen molar-refractivity contribution in [3.8, 4) is 0 Å². The lowest BCUT2D eigenvalue weighted by molar-refractivity contribution is 0.0990. The predicted octanol–water partition coefficient (Wildman–Crippen LogP) is 3.12. The number of amides is 2. The van der Waals surface area contributed by atoms with Gasteiger partial charge in [-0.3, -0.25) is 0 Å². The van der Waals surface area contributed by atoms with Gasteiger partial charge in [0.25, 0.3) is 0 Å². The number of hydrogen-bond donors (Lipinski definition) is 1. The van der Waals surface area contributed by atoms with Crippen LogP contribution in [0, 0.1) is 5.92 Å². The SMILES string of the molecule is CCS[C@@H]1CCC[C@H](NC(=O)N2CCC[C@H](COC)C2)C1. The number of thioether (sulfide) groups is 1. The van der Waals surface area contributed by atoms with Crippen LogP contribution in [0.15, 0.2) is 0 Å². The van der Waals surface area contributed by atoms with Gasteiger partial charge in [0, 0.05) is 37.4 Å². The fraction of sp³-hybridized carbons (Fsp3) is 0.938. The molecule has 1 saturated heterocycles. The van der Waals surface area contributed by atoms with Gasteiger partial charge in [-0.1, -0.05) is 13.3 Å². The highest BCUT2D eigenvalue weighted by atomic mass is 32.2. The van der Waals surface area contributed by atoms with E-state index in [0.29, 0.717) is 12.0 Å². The topological polar surface area (TPSA) is 41.6 Å². The van der Waals surface area contributed by atoms with Crippen molar-refractivity contribution in [1.29, 1.82) is 0 Å². The van der Waals surface area contributed by atoms with E-state index in [9.17, 15) is 4.79 Å². The molecule has 0 radical (unpaired) electrons. The summed E-state index contributed by atoms with van der Waals surface area (Å²) in [4.78, 5) is 14.4. The van der Waals surface area contributed by atoms with Crippen LogP contribution in [-0.2, 0) is 4.74 Å². The van der Waals surface area contributed by atoms with E-state index in [-0.39, 0.29) is 6.03 Å². The maximum absolute atomic E-state index is 12.4. The first-order valence-electron chi connectivity index (χ1n) is 8.39. The van der Waals surface area contributed by atoms with Gasteiger partial charge in [-0.05, 0) is 37.9 Å². The third-order valence-corrected chi connectivity index (χ3v) is 5.80. The van der Waals surface area contributed by atoms with Gasteiger partial charge in [0.2, 0.25) is 0 Å². The lowest BCUT2D eigenvalue weighted by Gasteiger charge is -2.35. The Bertz CT molecular complexity index is 323. The average molecular weight is 314 g/mol. The van der Waals surface area contributed by atoms with Crippen LogP contribution in [0.5, 0.6) is 0 Å². The van der Waals surface area contributed by atoms with Crippen molar-refractivity contribution in [2.45, 2.75) is 56.7 Å². The molecule has 1 aliphatic carbocycles. The van der Waals surface area contributed by atoms with Gasteiger partial charge in [-0.25, -0.2) is 4.79 Å². The molecule has 122 valence electrons. The molecule has 1 aliphatic heterocycles. The smallest absolute Gasteiger partial charge is 0.317 e. The number of nitrogens with one attached hydrogen (secondary N) is 1. The van der Waals surface area contributed by atoms with Crippen LogP contribution in [0.3, 0.4) is 0 Å². The number of nitrogens with zero attached hydrogens (tertiary/aromatic N) is 1. The first kappa shape index (κ1) is 16.9. The maximum Gasteiger partial charge on any atom is 0.317 e. The number of likely N-dealkylation sites (tertiary alicyclic amines) is 1. The minimum atomic E-state index is 0.142. The molecule has 21 heavy (non-hydrogen) atoms. The highest BCUT2D eigenvalue weighted by Gasteiger charge is 2.27.